The number of fused-ring (bicyclic) bond motifs is 1. The number of ketones is 1. The van der Waals surface area contributed by atoms with Crippen LogP contribution >= 0.6 is 22.7 Å². The van der Waals surface area contributed by atoms with E-state index in [-0.39, 0.29) is 11.4 Å². The number of aliphatic hydroxyl groups is 1. The first kappa shape index (κ1) is 17.8. The van der Waals surface area contributed by atoms with Crippen molar-refractivity contribution < 1.29 is 14.7 Å². The topological polar surface area (TPSA) is 57.6 Å². The Labute approximate surface area is 175 Å². The molecule has 0 bridgehead atoms. The number of thiophene rings is 2. The first-order valence-corrected chi connectivity index (χ1v) is 10.8. The van der Waals surface area contributed by atoms with Gasteiger partial charge in [-0.2, -0.15) is 0 Å². The fourth-order valence-electron chi connectivity index (χ4n) is 3.76. The van der Waals surface area contributed by atoms with E-state index in [9.17, 15) is 14.7 Å². The summed E-state index contributed by atoms with van der Waals surface area (Å²) < 4.78 is 0. The van der Waals surface area contributed by atoms with Crippen LogP contribution in [-0.2, 0) is 4.79 Å². The van der Waals surface area contributed by atoms with Crippen molar-refractivity contribution in [3.8, 4) is 0 Å². The third kappa shape index (κ3) is 2.80. The third-order valence-electron chi connectivity index (χ3n) is 5.04. The fraction of sp³-hybridized carbons (Fsp3) is 0.0435. The van der Waals surface area contributed by atoms with E-state index in [0.717, 1.165) is 15.6 Å². The van der Waals surface area contributed by atoms with Gasteiger partial charge in [0.2, 0.25) is 5.78 Å². The Bertz CT molecular complexity index is 1250. The van der Waals surface area contributed by atoms with Crippen molar-refractivity contribution in [3.63, 3.8) is 0 Å². The predicted molar refractivity (Wildman–Crippen MR) is 117 cm³/mol. The van der Waals surface area contributed by atoms with Crippen LogP contribution in [0.5, 0.6) is 0 Å². The average Bonchev–Trinajstić information content (AvgIpc) is 3.50. The van der Waals surface area contributed by atoms with Gasteiger partial charge in [0.15, 0.2) is 5.76 Å². The van der Waals surface area contributed by atoms with Gasteiger partial charge in [0.25, 0.3) is 5.91 Å². The van der Waals surface area contributed by atoms with Crippen LogP contribution in [0.2, 0.25) is 0 Å². The summed E-state index contributed by atoms with van der Waals surface area (Å²) in [5.41, 5.74) is 0.805. The predicted octanol–water partition coefficient (Wildman–Crippen LogP) is 5.75. The number of carbonyl (C=O) groups is 2. The second-order valence-electron chi connectivity index (χ2n) is 6.66. The zero-order chi connectivity index (χ0) is 20.0. The lowest BCUT2D eigenvalue weighted by Gasteiger charge is -2.27. The number of anilines is 1. The normalized spacial score (nSPS) is 16.8. The van der Waals surface area contributed by atoms with Crippen LogP contribution in [0.1, 0.15) is 20.6 Å². The van der Waals surface area contributed by atoms with Gasteiger partial charge in [0, 0.05) is 10.3 Å². The largest absolute Gasteiger partial charge is 0.503 e. The molecule has 1 aliphatic heterocycles. The molecule has 2 aromatic carbocycles. The highest BCUT2D eigenvalue weighted by molar-refractivity contribution is 7.12. The molecule has 1 amide bonds. The standard InChI is InChI=1S/C23H15NO3S2/c25-21(18-11-5-13-29-18)19-20(17-10-4-12-28-17)24(23(27)22(19)26)16-9-3-7-14-6-1-2-8-15(14)16/h1-13,20,26H. The molecule has 29 heavy (non-hydrogen) atoms. The minimum atomic E-state index is -0.664. The Balaban J connectivity index is 1.72. The van der Waals surface area contributed by atoms with Gasteiger partial charge in [-0.1, -0.05) is 48.5 Å². The highest BCUT2D eigenvalue weighted by Crippen LogP contribution is 2.45. The summed E-state index contributed by atoms with van der Waals surface area (Å²) in [5, 5.41) is 16.4. The molecule has 0 saturated heterocycles. The van der Waals surface area contributed by atoms with E-state index in [4.69, 9.17) is 0 Å². The molecule has 0 radical (unpaired) electrons. The zero-order valence-electron chi connectivity index (χ0n) is 15.1. The number of hydrogen-bond acceptors (Lipinski definition) is 5. The number of Topliss-reactive ketones (excluding diaryl/α,β-unsaturated/α-hetero) is 1. The molecule has 0 aliphatic carbocycles. The summed E-state index contributed by atoms with van der Waals surface area (Å²) in [4.78, 5) is 29.3. The summed E-state index contributed by atoms with van der Waals surface area (Å²) in [5.74, 6) is -1.35. The molecule has 2 aromatic heterocycles. The molecule has 6 heteroatoms. The van der Waals surface area contributed by atoms with E-state index in [1.807, 2.05) is 65.4 Å². The zero-order valence-corrected chi connectivity index (χ0v) is 16.7. The summed E-state index contributed by atoms with van der Waals surface area (Å²) >= 11 is 2.76. The second-order valence-corrected chi connectivity index (χ2v) is 8.59. The van der Waals surface area contributed by atoms with E-state index in [1.54, 1.807) is 17.0 Å². The van der Waals surface area contributed by atoms with Crippen LogP contribution in [0.15, 0.2) is 88.8 Å². The van der Waals surface area contributed by atoms with Crippen LogP contribution in [0.4, 0.5) is 5.69 Å². The van der Waals surface area contributed by atoms with Crippen LogP contribution in [0.25, 0.3) is 10.8 Å². The van der Waals surface area contributed by atoms with Gasteiger partial charge in [-0.3, -0.25) is 14.5 Å². The van der Waals surface area contributed by atoms with Gasteiger partial charge in [-0.15, -0.1) is 22.7 Å². The SMILES string of the molecule is O=C(C1=C(O)C(=O)N(c2cccc3ccccc23)C1c1cccs1)c1cccs1. The van der Waals surface area contributed by atoms with Gasteiger partial charge in [-0.25, -0.2) is 0 Å². The molecule has 4 nitrogen and oxygen atoms in total. The number of rotatable bonds is 4. The van der Waals surface area contributed by atoms with Crippen molar-refractivity contribution in [2.24, 2.45) is 0 Å². The van der Waals surface area contributed by atoms with E-state index in [1.165, 1.54) is 22.7 Å². The Morgan fingerprint density at radius 3 is 2.41 bits per heavy atom. The molecule has 0 spiro atoms. The summed E-state index contributed by atoms with van der Waals surface area (Å²) in [6.07, 6.45) is 0. The number of aliphatic hydroxyl groups excluding tert-OH is 1. The van der Waals surface area contributed by atoms with Gasteiger partial charge in [0.05, 0.1) is 16.1 Å². The Kier molecular flexibility index (Phi) is 4.30. The highest BCUT2D eigenvalue weighted by atomic mass is 32.1. The molecule has 1 unspecified atom stereocenters. The van der Waals surface area contributed by atoms with Gasteiger partial charge < -0.3 is 5.11 Å². The third-order valence-corrected chi connectivity index (χ3v) is 6.83. The number of amides is 1. The Morgan fingerprint density at radius 1 is 0.897 bits per heavy atom. The molecule has 5 rings (SSSR count). The van der Waals surface area contributed by atoms with Crippen molar-refractivity contribution in [2.75, 3.05) is 4.90 Å². The van der Waals surface area contributed by atoms with Crippen molar-refractivity contribution in [3.05, 3.63) is 98.6 Å². The first-order chi connectivity index (χ1) is 14.2. The van der Waals surface area contributed by atoms with E-state index in [0.29, 0.717) is 10.6 Å². The van der Waals surface area contributed by atoms with Crippen LogP contribution in [0, 0.1) is 0 Å². The smallest absolute Gasteiger partial charge is 0.294 e. The fourth-order valence-corrected chi connectivity index (χ4v) is 5.26. The van der Waals surface area contributed by atoms with E-state index in [2.05, 4.69) is 0 Å². The van der Waals surface area contributed by atoms with Crippen molar-refractivity contribution in [2.45, 2.75) is 6.04 Å². The van der Waals surface area contributed by atoms with Gasteiger partial charge in [-0.05, 0) is 34.3 Å². The van der Waals surface area contributed by atoms with Crippen molar-refractivity contribution in [1.29, 1.82) is 0 Å². The molecule has 3 heterocycles. The maximum atomic E-state index is 13.2. The Morgan fingerprint density at radius 2 is 1.66 bits per heavy atom. The molecule has 142 valence electrons. The molecular formula is C23H15NO3S2. The van der Waals surface area contributed by atoms with Gasteiger partial charge >= 0.3 is 0 Å². The number of nitrogens with zero attached hydrogens (tertiary/aromatic N) is 1. The van der Waals surface area contributed by atoms with Crippen molar-refractivity contribution in [1.82, 2.24) is 0 Å². The summed E-state index contributed by atoms with van der Waals surface area (Å²) in [6, 6.07) is 20.1. The highest BCUT2D eigenvalue weighted by Gasteiger charge is 2.45. The molecule has 1 aliphatic rings. The lowest BCUT2D eigenvalue weighted by molar-refractivity contribution is -0.117. The molecule has 1 atom stereocenters. The first-order valence-electron chi connectivity index (χ1n) is 9.03. The quantitative estimate of drug-likeness (QED) is 0.431. The van der Waals surface area contributed by atoms with E-state index >= 15 is 0 Å². The van der Waals surface area contributed by atoms with Crippen LogP contribution in [0.3, 0.4) is 0 Å². The minimum absolute atomic E-state index is 0.132. The van der Waals surface area contributed by atoms with Crippen LogP contribution in [-0.4, -0.2) is 16.8 Å². The monoisotopic (exact) mass is 417 g/mol. The molecule has 0 fully saturated rings. The molecule has 1 N–H and O–H groups in total. The van der Waals surface area contributed by atoms with E-state index < -0.39 is 17.7 Å². The van der Waals surface area contributed by atoms with Crippen molar-refractivity contribution >= 4 is 50.8 Å². The molecule has 4 aromatic rings. The molecule has 0 saturated carbocycles. The maximum absolute atomic E-state index is 13.2. The number of carbonyl (C=O) groups excluding carboxylic acids is 2. The number of benzene rings is 2. The lowest BCUT2D eigenvalue weighted by Crippen LogP contribution is -2.30. The molecular weight excluding hydrogens is 402 g/mol. The van der Waals surface area contributed by atoms with Gasteiger partial charge in [0.1, 0.15) is 6.04 Å². The Hall–Kier alpha value is -3.22. The lowest BCUT2D eigenvalue weighted by atomic mass is 10.00. The summed E-state index contributed by atoms with van der Waals surface area (Å²) in [6.45, 7) is 0. The minimum Gasteiger partial charge on any atom is -0.503 e. The number of hydrogen-bond donors (Lipinski definition) is 1. The second kappa shape index (κ2) is 6.99. The summed E-state index contributed by atoms with van der Waals surface area (Å²) in [7, 11) is 0. The average molecular weight is 418 g/mol. The maximum Gasteiger partial charge on any atom is 0.294 e. The van der Waals surface area contributed by atoms with Crippen LogP contribution < -0.4 is 4.90 Å².